The Morgan fingerprint density at radius 3 is 2.67 bits per heavy atom. The Bertz CT molecular complexity index is 719. The van der Waals surface area contributed by atoms with Crippen LogP contribution in [0, 0.1) is 5.82 Å². The SMILES string of the molecule is COC(=O)c1cccc(NC(=O)CCNCc2ccccc2F)c1. The summed E-state index contributed by atoms with van der Waals surface area (Å²) in [5.41, 5.74) is 1.45. The largest absolute Gasteiger partial charge is 0.465 e. The summed E-state index contributed by atoms with van der Waals surface area (Å²) in [5, 5.41) is 5.73. The maximum Gasteiger partial charge on any atom is 0.337 e. The Balaban J connectivity index is 1.77. The van der Waals surface area contributed by atoms with Crippen LogP contribution in [-0.2, 0) is 16.1 Å². The number of carbonyl (C=O) groups excluding carboxylic acids is 2. The van der Waals surface area contributed by atoms with Gasteiger partial charge in [0.2, 0.25) is 5.91 Å². The van der Waals surface area contributed by atoms with Crippen LogP contribution in [0.5, 0.6) is 0 Å². The number of amides is 1. The van der Waals surface area contributed by atoms with Crippen LogP contribution in [0.1, 0.15) is 22.3 Å². The van der Waals surface area contributed by atoms with Gasteiger partial charge in [0, 0.05) is 30.8 Å². The lowest BCUT2D eigenvalue weighted by Gasteiger charge is -2.08. The molecule has 1 amide bonds. The van der Waals surface area contributed by atoms with Crippen LogP contribution in [0.2, 0.25) is 0 Å². The predicted octanol–water partition coefficient (Wildman–Crippen LogP) is 2.73. The third-order valence-corrected chi connectivity index (χ3v) is 3.37. The number of esters is 1. The molecule has 0 spiro atoms. The Kier molecular flexibility index (Phi) is 6.45. The first kappa shape index (κ1) is 17.6. The number of hydrogen-bond acceptors (Lipinski definition) is 4. The van der Waals surface area contributed by atoms with Gasteiger partial charge in [0.1, 0.15) is 5.82 Å². The zero-order valence-corrected chi connectivity index (χ0v) is 13.3. The Morgan fingerprint density at radius 1 is 1.12 bits per heavy atom. The van der Waals surface area contributed by atoms with Crippen LogP contribution in [0.25, 0.3) is 0 Å². The summed E-state index contributed by atoms with van der Waals surface area (Å²) in [6.45, 7) is 0.772. The fourth-order valence-electron chi connectivity index (χ4n) is 2.13. The van der Waals surface area contributed by atoms with Gasteiger partial charge in [-0.05, 0) is 24.3 Å². The van der Waals surface area contributed by atoms with E-state index in [1.54, 1.807) is 42.5 Å². The first-order chi connectivity index (χ1) is 11.6. The van der Waals surface area contributed by atoms with Crippen molar-refractivity contribution in [3.05, 3.63) is 65.5 Å². The van der Waals surface area contributed by atoms with E-state index in [4.69, 9.17) is 0 Å². The molecule has 2 N–H and O–H groups in total. The van der Waals surface area contributed by atoms with Crippen LogP contribution < -0.4 is 10.6 Å². The summed E-state index contributed by atoms with van der Waals surface area (Å²) in [5.74, 6) is -0.926. The average molecular weight is 330 g/mol. The van der Waals surface area contributed by atoms with Crippen LogP contribution >= 0.6 is 0 Å². The van der Waals surface area contributed by atoms with Gasteiger partial charge in [-0.25, -0.2) is 9.18 Å². The molecule has 2 aromatic carbocycles. The van der Waals surface area contributed by atoms with Crippen molar-refractivity contribution in [1.82, 2.24) is 5.32 Å². The van der Waals surface area contributed by atoms with Gasteiger partial charge in [-0.1, -0.05) is 24.3 Å². The molecule has 0 aliphatic carbocycles. The van der Waals surface area contributed by atoms with Crippen molar-refractivity contribution in [3.63, 3.8) is 0 Å². The predicted molar refractivity (Wildman–Crippen MR) is 89.1 cm³/mol. The monoisotopic (exact) mass is 330 g/mol. The normalized spacial score (nSPS) is 10.2. The second-order valence-electron chi connectivity index (χ2n) is 5.14. The number of ether oxygens (including phenoxy) is 1. The highest BCUT2D eigenvalue weighted by Gasteiger charge is 2.08. The van der Waals surface area contributed by atoms with E-state index in [1.165, 1.54) is 13.2 Å². The average Bonchev–Trinajstić information content (AvgIpc) is 2.59. The van der Waals surface area contributed by atoms with Crippen LogP contribution in [0.3, 0.4) is 0 Å². The van der Waals surface area contributed by atoms with Gasteiger partial charge in [0.05, 0.1) is 12.7 Å². The van der Waals surface area contributed by atoms with E-state index in [-0.39, 0.29) is 18.1 Å². The molecule has 0 aliphatic rings. The summed E-state index contributed by atoms with van der Waals surface area (Å²) in [6, 6.07) is 13.0. The molecule has 0 aliphatic heterocycles. The molecule has 0 bridgehead atoms. The lowest BCUT2D eigenvalue weighted by atomic mass is 10.2. The molecule has 0 saturated carbocycles. The molecule has 126 valence electrons. The number of rotatable bonds is 7. The highest BCUT2D eigenvalue weighted by atomic mass is 19.1. The Hall–Kier alpha value is -2.73. The fraction of sp³-hybridized carbons (Fsp3) is 0.222. The summed E-state index contributed by atoms with van der Waals surface area (Å²) < 4.78 is 18.1. The van der Waals surface area contributed by atoms with Crippen molar-refractivity contribution in [2.45, 2.75) is 13.0 Å². The molecule has 0 aromatic heterocycles. The molecule has 2 rings (SSSR count). The summed E-state index contributed by atoms with van der Waals surface area (Å²) in [7, 11) is 1.30. The van der Waals surface area contributed by atoms with Crippen molar-refractivity contribution in [1.29, 1.82) is 0 Å². The van der Waals surface area contributed by atoms with Gasteiger partial charge in [-0.15, -0.1) is 0 Å². The van der Waals surface area contributed by atoms with Crippen molar-refractivity contribution < 1.29 is 18.7 Å². The molecular weight excluding hydrogens is 311 g/mol. The molecule has 24 heavy (non-hydrogen) atoms. The number of anilines is 1. The molecule has 2 aromatic rings. The summed E-state index contributed by atoms with van der Waals surface area (Å²) in [4.78, 5) is 23.3. The van der Waals surface area contributed by atoms with E-state index in [0.29, 0.717) is 29.9 Å². The highest BCUT2D eigenvalue weighted by Crippen LogP contribution is 2.12. The van der Waals surface area contributed by atoms with Gasteiger partial charge in [0.25, 0.3) is 0 Å². The van der Waals surface area contributed by atoms with Crippen molar-refractivity contribution in [3.8, 4) is 0 Å². The second-order valence-corrected chi connectivity index (χ2v) is 5.14. The third-order valence-electron chi connectivity index (χ3n) is 3.37. The van der Waals surface area contributed by atoms with Crippen molar-refractivity contribution in [2.24, 2.45) is 0 Å². The van der Waals surface area contributed by atoms with Crippen LogP contribution in [-0.4, -0.2) is 25.5 Å². The molecule has 0 saturated heterocycles. The maximum absolute atomic E-state index is 13.4. The van der Waals surface area contributed by atoms with E-state index < -0.39 is 5.97 Å². The number of methoxy groups -OCH3 is 1. The van der Waals surface area contributed by atoms with Crippen LogP contribution in [0.4, 0.5) is 10.1 Å². The zero-order chi connectivity index (χ0) is 17.4. The van der Waals surface area contributed by atoms with Gasteiger partial charge in [0.15, 0.2) is 0 Å². The topological polar surface area (TPSA) is 67.4 Å². The maximum atomic E-state index is 13.4. The minimum atomic E-state index is -0.461. The number of carbonyl (C=O) groups is 2. The van der Waals surface area contributed by atoms with Gasteiger partial charge < -0.3 is 15.4 Å². The number of halogens is 1. The van der Waals surface area contributed by atoms with Gasteiger partial charge in [-0.3, -0.25) is 4.79 Å². The molecular formula is C18H19FN2O3. The zero-order valence-electron chi connectivity index (χ0n) is 13.3. The highest BCUT2D eigenvalue weighted by molar-refractivity contribution is 5.94. The molecule has 0 heterocycles. The third kappa shape index (κ3) is 5.17. The van der Waals surface area contributed by atoms with E-state index in [1.807, 2.05) is 0 Å². The minimum Gasteiger partial charge on any atom is -0.465 e. The quantitative estimate of drug-likeness (QED) is 0.605. The fourth-order valence-corrected chi connectivity index (χ4v) is 2.13. The van der Waals surface area contributed by atoms with E-state index in [9.17, 15) is 14.0 Å². The van der Waals surface area contributed by atoms with Gasteiger partial charge in [-0.2, -0.15) is 0 Å². The first-order valence-electron chi connectivity index (χ1n) is 7.52. The van der Waals surface area contributed by atoms with E-state index in [2.05, 4.69) is 15.4 Å². The molecule has 0 unspecified atom stereocenters. The molecule has 0 radical (unpaired) electrons. The molecule has 6 heteroatoms. The van der Waals surface area contributed by atoms with Gasteiger partial charge >= 0.3 is 5.97 Å². The van der Waals surface area contributed by atoms with E-state index >= 15 is 0 Å². The Morgan fingerprint density at radius 2 is 1.92 bits per heavy atom. The first-order valence-corrected chi connectivity index (χ1v) is 7.52. The smallest absolute Gasteiger partial charge is 0.337 e. The number of nitrogens with one attached hydrogen (secondary N) is 2. The number of benzene rings is 2. The van der Waals surface area contributed by atoms with Crippen molar-refractivity contribution >= 4 is 17.6 Å². The standard InChI is InChI=1S/C18H19FN2O3/c1-24-18(23)13-6-4-7-15(11-13)21-17(22)9-10-20-12-14-5-2-3-8-16(14)19/h2-8,11,20H,9-10,12H2,1H3,(H,21,22). The summed E-state index contributed by atoms with van der Waals surface area (Å²) in [6.07, 6.45) is 0.233. The van der Waals surface area contributed by atoms with Crippen LogP contribution in [0.15, 0.2) is 48.5 Å². The van der Waals surface area contributed by atoms with Crippen molar-refractivity contribution in [2.75, 3.05) is 19.0 Å². The second kappa shape index (κ2) is 8.79. The Labute approximate surface area is 139 Å². The number of hydrogen-bond donors (Lipinski definition) is 2. The lowest BCUT2D eigenvalue weighted by molar-refractivity contribution is -0.116. The molecule has 0 atom stereocenters. The molecule has 0 fully saturated rings. The lowest BCUT2D eigenvalue weighted by Crippen LogP contribution is -2.22. The minimum absolute atomic E-state index is 0.196. The molecule has 5 nitrogen and oxygen atoms in total. The summed E-state index contributed by atoms with van der Waals surface area (Å²) >= 11 is 0. The van der Waals surface area contributed by atoms with E-state index in [0.717, 1.165) is 0 Å².